The van der Waals surface area contributed by atoms with Crippen molar-refractivity contribution in [1.82, 2.24) is 4.90 Å². The number of fused-ring (bicyclic) bond motifs is 3. The SMILES string of the molecule is CC1=C[C@@]23CCCN2CCc2cc4c(cc2[C@@H]3C1OC(=O)[C@](O)(CCCC(C)(C)O)CC(=O)OC(C)C)OCO4. The number of nitrogens with zero attached hydrogens (tertiary/aromatic N) is 1. The minimum absolute atomic E-state index is 0.0320. The molecule has 5 rings (SSSR count). The molecule has 0 aromatic heterocycles. The Morgan fingerprint density at radius 3 is 2.58 bits per heavy atom. The maximum absolute atomic E-state index is 13.9. The van der Waals surface area contributed by atoms with E-state index in [9.17, 15) is 19.8 Å². The van der Waals surface area contributed by atoms with E-state index in [4.69, 9.17) is 18.9 Å². The second kappa shape index (κ2) is 10.7. The molecule has 0 radical (unpaired) electrons. The third-order valence-electron chi connectivity index (χ3n) is 8.78. The highest BCUT2D eigenvalue weighted by molar-refractivity contribution is 5.86. The molecule has 1 aromatic rings. The normalized spacial score (nSPS) is 26.9. The molecule has 0 saturated carbocycles. The first kappa shape index (κ1) is 28.9. The molecule has 1 spiro atoms. The van der Waals surface area contributed by atoms with Crippen molar-refractivity contribution < 1.29 is 38.7 Å². The molecule has 1 saturated heterocycles. The fourth-order valence-electron chi connectivity index (χ4n) is 7.05. The summed E-state index contributed by atoms with van der Waals surface area (Å²) in [7, 11) is 0. The van der Waals surface area contributed by atoms with Crippen LogP contribution < -0.4 is 9.47 Å². The average molecular weight is 558 g/mol. The summed E-state index contributed by atoms with van der Waals surface area (Å²) in [5, 5.41) is 21.8. The van der Waals surface area contributed by atoms with Crippen molar-refractivity contribution in [3.8, 4) is 11.5 Å². The summed E-state index contributed by atoms with van der Waals surface area (Å²) in [5.74, 6) is -0.267. The Morgan fingerprint density at radius 1 is 1.15 bits per heavy atom. The van der Waals surface area contributed by atoms with Crippen LogP contribution in [0, 0.1) is 0 Å². The highest BCUT2D eigenvalue weighted by Crippen LogP contribution is 2.55. The molecule has 2 N–H and O–H groups in total. The van der Waals surface area contributed by atoms with Gasteiger partial charge in [-0.1, -0.05) is 6.08 Å². The molecule has 0 amide bonds. The van der Waals surface area contributed by atoms with Crippen LogP contribution in [0.4, 0.5) is 0 Å². The number of ether oxygens (including phenoxy) is 4. The van der Waals surface area contributed by atoms with E-state index in [1.807, 2.05) is 13.0 Å². The molecular formula is C31H43NO8. The van der Waals surface area contributed by atoms with Crippen LogP contribution in [0.1, 0.15) is 90.2 Å². The summed E-state index contributed by atoms with van der Waals surface area (Å²) in [6, 6.07) is 4.09. The number of hydrogen-bond donors (Lipinski definition) is 2. The molecule has 4 aliphatic rings. The highest BCUT2D eigenvalue weighted by atomic mass is 16.7. The lowest BCUT2D eigenvalue weighted by Gasteiger charge is -2.40. The Hall–Kier alpha value is -2.62. The van der Waals surface area contributed by atoms with Gasteiger partial charge in [0.15, 0.2) is 17.1 Å². The molecule has 4 atom stereocenters. The standard InChI is InChI=1S/C31H43NO8/c1-19(2)39-25(33)17-31(36,11-6-9-29(4,5)35)28(34)40-27-20(3)16-30-10-7-12-32(30)13-8-21-14-23-24(38-18-37-23)15-22(21)26(27)30/h14-16,19,26-27,35-36H,6-13,17-18H2,1-5H3/t26-,27?,30-,31+/m1/s1. The fraction of sp³-hybridized carbons (Fsp3) is 0.677. The summed E-state index contributed by atoms with van der Waals surface area (Å²) >= 11 is 0. The zero-order valence-corrected chi connectivity index (χ0v) is 24.3. The van der Waals surface area contributed by atoms with Gasteiger partial charge in [0.25, 0.3) is 0 Å². The minimum Gasteiger partial charge on any atom is -0.463 e. The number of benzene rings is 1. The van der Waals surface area contributed by atoms with Gasteiger partial charge in [-0.25, -0.2) is 4.79 Å². The van der Waals surface area contributed by atoms with Gasteiger partial charge in [0.1, 0.15) is 6.10 Å². The van der Waals surface area contributed by atoms with Gasteiger partial charge in [-0.15, -0.1) is 0 Å². The van der Waals surface area contributed by atoms with E-state index in [1.54, 1.807) is 27.7 Å². The van der Waals surface area contributed by atoms with Crippen LogP contribution in [-0.2, 0) is 25.5 Å². The Balaban J connectivity index is 1.47. The minimum atomic E-state index is -2.08. The first-order chi connectivity index (χ1) is 18.8. The van der Waals surface area contributed by atoms with Crippen LogP contribution in [0.25, 0.3) is 0 Å². The molecule has 9 heteroatoms. The Labute approximate surface area is 236 Å². The van der Waals surface area contributed by atoms with E-state index in [1.165, 1.54) is 0 Å². The average Bonchev–Trinajstić information content (AvgIpc) is 3.51. The third-order valence-corrected chi connectivity index (χ3v) is 8.78. The highest BCUT2D eigenvalue weighted by Gasteiger charge is 2.57. The van der Waals surface area contributed by atoms with E-state index in [0.29, 0.717) is 18.6 Å². The van der Waals surface area contributed by atoms with Crippen molar-refractivity contribution in [2.24, 2.45) is 0 Å². The van der Waals surface area contributed by atoms with Crippen LogP contribution in [-0.4, -0.2) is 75.9 Å². The van der Waals surface area contributed by atoms with E-state index >= 15 is 0 Å². The Kier molecular flexibility index (Phi) is 7.70. The van der Waals surface area contributed by atoms with Gasteiger partial charge >= 0.3 is 11.9 Å². The van der Waals surface area contributed by atoms with E-state index in [0.717, 1.165) is 54.8 Å². The first-order valence-electron chi connectivity index (χ1n) is 14.5. The van der Waals surface area contributed by atoms with Gasteiger partial charge in [0.05, 0.1) is 23.7 Å². The van der Waals surface area contributed by atoms with Crippen LogP contribution in [0.5, 0.6) is 11.5 Å². The van der Waals surface area contributed by atoms with Gasteiger partial charge < -0.3 is 29.2 Å². The second-order valence-corrected chi connectivity index (χ2v) is 12.8. The Bertz CT molecular complexity index is 1190. The zero-order chi connectivity index (χ0) is 28.9. The van der Waals surface area contributed by atoms with Gasteiger partial charge in [0, 0.05) is 12.5 Å². The molecule has 1 unspecified atom stereocenters. The van der Waals surface area contributed by atoms with Crippen molar-refractivity contribution >= 4 is 11.9 Å². The summed E-state index contributed by atoms with van der Waals surface area (Å²) in [4.78, 5) is 29.0. The fourth-order valence-corrected chi connectivity index (χ4v) is 7.05. The van der Waals surface area contributed by atoms with Crippen LogP contribution in [0.2, 0.25) is 0 Å². The largest absolute Gasteiger partial charge is 0.463 e. The summed E-state index contributed by atoms with van der Waals surface area (Å²) in [6.45, 7) is 10.8. The van der Waals surface area contributed by atoms with Crippen molar-refractivity contribution in [2.45, 2.75) is 114 Å². The number of rotatable bonds is 9. The lowest BCUT2D eigenvalue weighted by molar-refractivity contribution is -0.179. The maximum atomic E-state index is 13.9. The maximum Gasteiger partial charge on any atom is 0.339 e. The first-order valence-corrected chi connectivity index (χ1v) is 14.5. The molecule has 1 fully saturated rings. The summed E-state index contributed by atoms with van der Waals surface area (Å²) < 4.78 is 22.9. The predicted octanol–water partition coefficient (Wildman–Crippen LogP) is 3.78. The van der Waals surface area contributed by atoms with Crippen LogP contribution in [0.15, 0.2) is 23.8 Å². The molecule has 0 bridgehead atoms. The smallest absolute Gasteiger partial charge is 0.339 e. The third kappa shape index (κ3) is 5.48. The topological polar surface area (TPSA) is 115 Å². The lowest BCUT2D eigenvalue weighted by Crippen LogP contribution is -2.49. The van der Waals surface area contributed by atoms with Crippen molar-refractivity contribution in [3.63, 3.8) is 0 Å². The number of aliphatic hydroxyl groups is 2. The van der Waals surface area contributed by atoms with Crippen molar-refractivity contribution in [3.05, 3.63) is 34.9 Å². The molecule has 9 nitrogen and oxygen atoms in total. The summed E-state index contributed by atoms with van der Waals surface area (Å²) in [6.07, 6.45) is 4.22. The number of carbonyl (C=O) groups is 2. The molecule has 3 aliphatic heterocycles. The number of esters is 2. The van der Waals surface area contributed by atoms with E-state index < -0.39 is 35.7 Å². The molecule has 220 valence electrons. The lowest BCUT2D eigenvalue weighted by atomic mass is 9.77. The molecule has 3 heterocycles. The zero-order valence-electron chi connectivity index (χ0n) is 24.3. The van der Waals surface area contributed by atoms with Gasteiger partial charge in [-0.2, -0.15) is 0 Å². The van der Waals surface area contributed by atoms with E-state index in [-0.39, 0.29) is 30.8 Å². The predicted molar refractivity (Wildman–Crippen MR) is 147 cm³/mol. The van der Waals surface area contributed by atoms with Crippen molar-refractivity contribution in [2.75, 3.05) is 19.9 Å². The molecule has 40 heavy (non-hydrogen) atoms. The molecule has 1 aromatic carbocycles. The van der Waals surface area contributed by atoms with E-state index in [2.05, 4.69) is 17.0 Å². The van der Waals surface area contributed by atoms with Crippen LogP contribution >= 0.6 is 0 Å². The monoisotopic (exact) mass is 557 g/mol. The second-order valence-electron chi connectivity index (χ2n) is 12.8. The molecular weight excluding hydrogens is 514 g/mol. The quantitative estimate of drug-likeness (QED) is 0.346. The Morgan fingerprint density at radius 2 is 1.88 bits per heavy atom. The number of hydrogen-bond acceptors (Lipinski definition) is 9. The van der Waals surface area contributed by atoms with Crippen molar-refractivity contribution in [1.29, 1.82) is 0 Å². The number of carbonyl (C=O) groups excluding carboxylic acids is 2. The molecule has 1 aliphatic carbocycles. The summed E-state index contributed by atoms with van der Waals surface area (Å²) in [5.41, 5.74) is -0.200. The van der Waals surface area contributed by atoms with Gasteiger partial charge in [-0.05, 0) is 109 Å². The van der Waals surface area contributed by atoms with Gasteiger partial charge in [-0.3, -0.25) is 9.69 Å². The van der Waals surface area contributed by atoms with Gasteiger partial charge in [0.2, 0.25) is 6.79 Å². The van der Waals surface area contributed by atoms with Crippen LogP contribution in [0.3, 0.4) is 0 Å².